The van der Waals surface area contributed by atoms with Gasteiger partial charge >= 0.3 is 6.09 Å². The van der Waals surface area contributed by atoms with E-state index in [1.165, 1.54) is 18.2 Å². The molecule has 0 unspecified atom stereocenters. The van der Waals surface area contributed by atoms with E-state index in [1.807, 2.05) is 0 Å². The molecule has 0 bridgehead atoms. The van der Waals surface area contributed by atoms with Gasteiger partial charge in [-0.1, -0.05) is 12.1 Å². The van der Waals surface area contributed by atoms with Crippen molar-refractivity contribution in [1.29, 1.82) is 0 Å². The van der Waals surface area contributed by atoms with Crippen LogP contribution in [-0.4, -0.2) is 20.1 Å². The van der Waals surface area contributed by atoms with Gasteiger partial charge in [-0.2, -0.15) is 0 Å². The van der Waals surface area contributed by atoms with E-state index in [2.05, 4.69) is 0 Å². The highest BCUT2D eigenvalue weighted by Crippen LogP contribution is 2.17. The summed E-state index contributed by atoms with van der Waals surface area (Å²) in [5.41, 5.74) is 4.83. The summed E-state index contributed by atoms with van der Waals surface area (Å²) in [7, 11) is -4.01. The van der Waals surface area contributed by atoms with Crippen LogP contribution in [0, 0.1) is 0 Å². The molecule has 100 valence electrons. The standard InChI is InChI=1S/C11H16N2O4S/c1-11(2,3)17-10(14)13-18(15,16)9-7-5-4-6-8(9)12/h4-7H,12H2,1-3H3,(H,13,14). The molecule has 1 amide bonds. The maximum absolute atomic E-state index is 11.9. The van der Waals surface area contributed by atoms with Crippen molar-refractivity contribution >= 4 is 21.8 Å². The number of carbonyl (C=O) groups is 1. The highest BCUT2D eigenvalue weighted by atomic mass is 32.2. The number of nitrogen functional groups attached to an aromatic ring is 1. The molecule has 0 atom stereocenters. The zero-order chi connectivity index (χ0) is 14.0. The van der Waals surface area contributed by atoms with Crippen LogP contribution in [0.15, 0.2) is 29.2 Å². The number of anilines is 1. The van der Waals surface area contributed by atoms with E-state index < -0.39 is 21.7 Å². The van der Waals surface area contributed by atoms with Gasteiger partial charge in [-0.15, -0.1) is 0 Å². The molecule has 7 heteroatoms. The fraction of sp³-hybridized carbons (Fsp3) is 0.364. The van der Waals surface area contributed by atoms with Crippen molar-refractivity contribution < 1.29 is 17.9 Å². The molecule has 0 aliphatic heterocycles. The van der Waals surface area contributed by atoms with Crippen LogP contribution in [0.1, 0.15) is 20.8 Å². The van der Waals surface area contributed by atoms with Gasteiger partial charge in [0.2, 0.25) is 0 Å². The lowest BCUT2D eigenvalue weighted by atomic mass is 10.2. The van der Waals surface area contributed by atoms with Crippen LogP contribution in [0.25, 0.3) is 0 Å². The maximum Gasteiger partial charge on any atom is 0.421 e. The minimum Gasteiger partial charge on any atom is -0.443 e. The summed E-state index contributed by atoms with van der Waals surface area (Å²) >= 11 is 0. The average molecular weight is 272 g/mol. The fourth-order valence-corrected chi connectivity index (χ4v) is 2.20. The van der Waals surface area contributed by atoms with Crippen LogP contribution < -0.4 is 10.5 Å². The third-order valence-corrected chi connectivity index (χ3v) is 3.21. The quantitative estimate of drug-likeness (QED) is 0.794. The van der Waals surface area contributed by atoms with Crippen molar-refractivity contribution in [3.8, 4) is 0 Å². The molecular formula is C11H16N2O4S. The Balaban J connectivity index is 2.91. The zero-order valence-corrected chi connectivity index (χ0v) is 11.2. The number of hydrogen-bond acceptors (Lipinski definition) is 5. The molecule has 6 nitrogen and oxygen atoms in total. The minimum absolute atomic E-state index is 0.0635. The van der Waals surface area contributed by atoms with Crippen molar-refractivity contribution in [3.05, 3.63) is 24.3 Å². The first-order chi connectivity index (χ1) is 8.12. The molecule has 0 saturated heterocycles. The van der Waals surface area contributed by atoms with E-state index in [-0.39, 0.29) is 10.6 Å². The number of hydrogen-bond donors (Lipinski definition) is 2. The minimum atomic E-state index is -4.01. The van der Waals surface area contributed by atoms with Gasteiger partial charge in [-0.25, -0.2) is 17.9 Å². The SMILES string of the molecule is CC(C)(C)OC(=O)NS(=O)(=O)c1ccccc1N. The molecular weight excluding hydrogens is 256 g/mol. The Morgan fingerprint density at radius 1 is 1.28 bits per heavy atom. The second kappa shape index (κ2) is 4.85. The lowest BCUT2D eigenvalue weighted by Gasteiger charge is -2.19. The largest absolute Gasteiger partial charge is 0.443 e. The lowest BCUT2D eigenvalue weighted by molar-refractivity contribution is 0.0570. The number of benzene rings is 1. The molecule has 0 fully saturated rings. The van der Waals surface area contributed by atoms with Gasteiger partial charge in [-0.05, 0) is 32.9 Å². The van der Waals surface area contributed by atoms with Gasteiger partial charge in [0.25, 0.3) is 10.0 Å². The van der Waals surface area contributed by atoms with Crippen molar-refractivity contribution in [2.24, 2.45) is 0 Å². The maximum atomic E-state index is 11.9. The van der Waals surface area contributed by atoms with Crippen LogP contribution in [0.2, 0.25) is 0 Å². The first-order valence-electron chi connectivity index (χ1n) is 5.22. The molecule has 0 spiro atoms. The van der Waals surface area contributed by atoms with Gasteiger partial charge in [0.1, 0.15) is 10.5 Å². The Morgan fingerprint density at radius 3 is 2.33 bits per heavy atom. The third-order valence-electron chi connectivity index (χ3n) is 1.83. The van der Waals surface area contributed by atoms with E-state index in [0.717, 1.165) is 0 Å². The average Bonchev–Trinajstić information content (AvgIpc) is 2.13. The molecule has 1 aromatic carbocycles. The molecule has 0 heterocycles. The molecule has 0 aromatic heterocycles. The Bertz CT molecular complexity index is 546. The van der Waals surface area contributed by atoms with Crippen LogP contribution in [0.5, 0.6) is 0 Å². The predicted octanol–water partition coefficient (Wildman–Crippen LogP) is 1.48. The van der Waals surface area contributed by atoms with Crippen LogP contribution in [0.3, 0.4) is 0 Å². The Labute approximate surface area is 106 Å². The Morgan fingerprint density at radius 2 is 1.83 bits per heavy atom. The number of para-hydroxylation sites is 1. The number of ether oxygens (including phenoxy) is 1. The van der Waals surface area contributed by atoms with E-state index in [1.54, 1.807) is 31.6 Å². The number of rotatable bonds is 2. The topological polar surface area (TPSA) is 98.5 Å². The van der Waals surface area contributed by atoms with Crippen molar-refractivity contribution in [1.82, 2.24) is 4.72 Å². The second-order valence-corrected chi connectivity index (χ2v) is 6.30. The summed E-state index contributed by atoms with van der Waals surface area (Å²) in [5, 5.41) is 0. The van der Waals surface area contributed by atoms with Crippen molar-refractivity contribution in [2.75, 3.05) is 5.73 Å². The summed E-state index contributed by atoms with van der Waals surface area (Å²) in [4.78, 5) is 11.2. The van der Waals surface area contributed by atoms with Gasteiger partial charge in [0.05, 0.1) is 5.69 Å². The summed E-state index contributed by atoms with van der Waals surface area (Å²) in [6, 6.07) is 5.85. The molecule has 18 heavy (non-hydrogen) atoms. The van der Waals surface area contributed by atoms with Crippen molar-refractivity contribution in [2.45, 2.75) is 31.3 Å². The molecule has 3 N–H and O–H groups in total. The normalized spacial score (nSPS) is 11.9. The van der Waals surface area contributed by atoms with E-state index >= 15 is 0 Å². The van der Waals surface area contributed by atoms with Crippen LogP contribution in [0.4, 0.5) is 10.5 Å². The van der Waals surface area contributed by atoms with Gasteiger partial charge in [0.15, 0.2) is 0 Å². The lowest BCUT2D eigenvalue weighted by Crippen LogP contribution is -2.36. The summed E-state index contributed by atoms with van der Waals surface area (Å²) in [6.07, 6.45) is -1.04. The summed E-state index contributed by atoms with van der Waals surface area (Å²) in [5.74, 6) is 0. The van der Waals surface area contributed by atoms with E-state index in [9.17, 15) is 13.2 Å². The predicted molar refractivity (Wildman–Crippen MR) is 67.4 cm³/mol. The number of amides is 1. The summed E-state index contributed by atoms with van der Waals surface area (Å²) in [6.45, 7) is 4.90. The molecule has 1 rings (SSSR count). The van der Waals surface area contributed by atoms with Gasteiger partial charge in [-0.3, -0.25) is 0 Å². The monoisotopic (exact) mass is 272 g/mol. The van der Waals surface area contributed by atoms with Crippen LogP contribution in [-0.2, 0) is 14.8 Å². The molecule has 0 radical (unpaired) electrons. The molecule has 0 aliphatic rings. The fourth-order valence-electron chi connectivity index (χ4n) is 1.19. The van der Waals surface area contributed by atoms with E-state index in [4.69, 9.17) is 10.5 Å². The number of sulfonamides is 1. The smallest absolute Gasteiger partial charge is 0.421 e. The molecule has 0 aliphatic carbocycles. The van der Waals surface area contributed by atoms with Crippen LogP contribution >= 0.6 is 0 Å². The highest BCUT2D eigenvalue weighted by molar-refractivity contribution is 7.90. The first kappa shape index (κ1) is 14.3. The van der Waals surface area contributed by atoms with Gasteiger partial charge in [0, 0.05) is 0 Å². The number of nitrogens with one attached hydrogen (secondary N) is 1. The first-order valence-corrected chi connectivity index (χ1v) is 6.70. The highest BCUT2D eigenvalue weighted by Gasteiger charge is 2.24. The zero-order valence-electron chi connectivity index (χ0n) is 10.4. The molecule has 1 aromatic rings. The number of nitrogens with two attached hydrogens (primary N) is 1. The van der Waals surface area contributed by atoms with Gasteiger partial charge < -0.3 is 10.5 Å². The molecule has 0 saturated carbocycles. The third kappa shape index (κ3) is 3.92. The van der Waals surface area contributed by atoms with Crippen molar-refractivity contribution in [3.63, 3.8) is 0 Å². The summed E-state index contributed by atoms with van der Waals surface area (Å²) < 4.78 is 30.4. The number of carbonyl (C=O) groups excluding carboxylic acids is 1. The van der Waals surface area contributed by atoms with E-state index in [0.29, 0.717) is 0 Å². The second-order valence-electron chi connectivity index (χ2n) is 4.65. The Hall–Kier alpha value is -1.76. The Kier molecular flexibility index (Phi) is 3.85.